The van der Waals surface area contributed by atoms with Gasteiger partial charge in [-0.1, -0.05) is 22.8 Å². The van der Waals surface area contributed by atoms with E-state index in [0.29, 0.717) is 29.5 Å². The first kappa shape index (κ1) is 18.2. The molecule has 0 aliphatic carbocycles. The maximum Gasteiger partial charge on any atom is 0.322 e. The van der Waals surface area contributed by atoms with Crippen LogP contribution in [-0.2, 0) is 4.79 Å². The van der Waals surface area contributed by atoms with Gasteiger partial charge in [0.05, 0.1) is 5.92 Å². The second kappa shape index (κ2) is 7.18. The highest BCUT2D eigenvalue weighted by atomic mass is 16.7. The van der Waals surface area contributed by atoms with Gasteiger partial charge in [-0.25, -0.2) is 0 Å². The summed E-state index contributed by atoms with van der Waals surface area (Å²) in [5, 5.41) is 10.5. The maximum atomic E-state index is 12.5. The lowest BCUT2D eigenvalue weighted by Crippen LogP contribution is -2.24. The molecule has 1 unspecified atom stereocenters. The number of aryl methyl sites for hydroxylation is 1. The van der Waals surface area contributed by atoms with Gasteiger partial charge in [0, 0.05) is 24.2 Å². The molecule has 2 aliphatic heterocycles. The first-order valence-corrected chi connectivity index (χ1v) is 9.48. The predicted molar refractivity (Wildman–Crippen MR) is 106 cm³/mol. The summed E-state index contributed by atoms with van der Waals surface area (Å²) in [5.41, 5.74) is 2.34. The number of aromatic nitrogens is 2. The molecule has 1 aromatic heterocycles. The highest BCUT2D eigenvalue weighted by Gasteiger charge is 2.35. The van der Waals surface area contributed by atoms with Gasteiger partial charge in [0.15, 0.2) is 11.5 Å². The summed E-state index contributed by atoms with van der Waals surface area (Å²) in [6, 6.07) is 12.6. The molecule has 0 spiro atoms. The lowest BCUT2D eigenvalue weighted by Gasteiger charge is -2.16. The van der Waals surface area contributed by atoms with Crippen LogP contribution >= 0.6 is 0 Å². The molecule has 5 rings (SSSR count). The number of nitrogens with zero attached hydrogens (tertiary/aromatic N) is 3. The molecule has 1 fully saturated rings. The molecular formula is C21H18N4O5. The minimum Gasteiger partial charge on any atom is -0.454 e. The number of amides is 2. The monoisotopic (exact) mass is 406 g/mol. The van der Waals surface area contributed by atoms with Crippen molar-refractivity contribution in [3.8, 4) is 11.5 Å². The molecule has 9 nitrogen and oxygen atoms in total. The van der Waals surface area contributed by atoms with E-state index < -0.39 is 5.91 Å². The third-order valence-electron chi connectivity index (χ3n) is 5.12. The van der Waals surface area contributed by atoms with Crippen LogP contribution in [0.3, 0.4) is 0 Å². The number of fused-ring (bicyclic) bond motifs is 1. The summed E-state index contributed by atoms with van der Waals surface area (Å²) in [4.78, 5) is 26.6. The van der Waals surface area contributed by atoms with Gasteiger partial charge in [-0.15, -0.1) is 5.10 Å². The highest BCUT2D eigenvalue weighted by Crippen LogP contribution is 2.33. The first-order chi connectivity index (χ1) is 14.6. The Morgan fingerprint density at radius 2 is 1.90 bits per heavy atom. The van der Waals surface area contributed by atoms with E-state index in [4.69, 9.17) is 13.9 Å². The smallest absolute Gasteiger partial charge is 0.322 e. The molecule has 2 aromatic carbocycles. The fourth-order valence-corrected chi connectivity index (χ4v) is 3.50. The van der Waals surface area contributed by atoms with E-state index in [0.717, 1.165) is 11.3 Å². The normalized spacial score (nSPS) is 17.4. The maximum absolute atomic E-state index is 12.5. The zero-order valence-electron chi connectivity index (χ0n) is 16.1. The van der Waals surface area contributed by atoms with Crippen molar-refractivity contribution in [2.24, 2.45) is 0 Å². The number of carbonyl (C=O) groups excluding carboxylic acids is 2. The Balaban J connectivity index is 1.27. The van der Waals surface area contributed by atoms with Gasteiger partial charge in [-0.3, -0.25) is 14.9 Å². The van der Waals surface area contributed by atoms with Crippen LogP contribution in [0.25, 0.3) is 0 Å². The SMILES string of the molecule is Cc1ccc(N2CC(c3nnc(NC(=O)c4ccc5c(c4)OCO5)o3)CC2=O)cc1. The zero-order valence-corrected chi connectivity index (χ0v) is 16.1. The van der Waals surface area contributed by atoms with Gasteiger partial charge in [-0.2, -0.15) is 0 Å². The molecule has 0 saturated carbocycles. The van der Waals surface area contributed by atoms with Crippen molar-refractivity contribution in [3.63, 3.8) is 0 Å². The summed E-state index contributed by atoms with van der Waals surface area (Å²) < 4.78 is 16.1. The van der Waals surface area contributed by atoms with Crippen LogP contribution in [0.5, 0.6) is 11.5 Å². The lowest BCUT2D eigenvalue weighted by atomic mass is 10.1. The summed E-state index contributed by atoms with van der Waals surface area (Å²) in [6.07, 6.45) is 0.269. The largest absolute Gasteiger partial charge is 0.454 e. The summed E-state index contributed by atoms with van der Waals surface area (Å²) in [5.74, 6) is 0.770. The molecule has 1 atom stereocenters. The molecule has 152 valence electrons. The van der Waals surface area contributed by atoms with Crippen molar-refractivity contribution in [2.45, 2.75) is 19.3 Å². The van der Waals surface area contributed by atoms with Crippen molar-refractivity contribution < 1.29 is 23.5 Å². The fraction of sp³-hybridized carbons (Fsp3) is 0.238. The van der Waals surface area contributed by atoms with Gasteiger partial charge in [0.2, 0.25) is 18.6 Å². The Morgan fingerprint density at radius 3 is 2.73 bits per heavy atom. The fourth-order valence-electron chi connectivity index (χ4n) is 3.50. The van der Waals surface area contributed by atoms with Crippen LogP contribution in [0.2, 0.25) is 0 Å². The van der Waals surface area contributed by atoms with Crippen molar-refractivity contribution in [1.82, 2.24) is 10.2 Å². The van der Waals surface area contributed by atoms with Gasteiger partial charge in [0.25, 0.3) is 5.91 Å². The summed E-state index contributed by atoms with van der Waals surface area (Å²) >= 11 is 0. The number of hydrogen-bond acceptors (Lipinski definition) is 7. The average molecular weight is 406 g/mol. The number of nitrogens with one attached hydrogen (secondary N) is 1. The minimum atomic E-state index is -0.410. The second-order valence-corrected chi connectivity index (χ2v) is 7.21. The van der Waals surface area contributed by atoms with Crippen molar-refractivity contribution in [3.05, 3.63) is 59.5 Å². The summed E-state index contributed by atoms with van der Waals surface area (Å²) in [7, 11) is 0. The number of hydrogen-bond donors (Lipinski definition) is 1. The predicted octanol–water partition coefficient (Wildman–Crippen LogP) is 2.88. The van der Waals surface area contributed by atoms with Crippen LogP contribution in [0.1, 0.15) is 34.2 Å². The Morgan fingerprint density at radius 1 is 1.10 bits per heavy atom. The van der Waals surface area contributed by atoms with E-state index in [1.165, 1.54) is 0 Å². The highest BCUT2D eigenvalue weighted by molar-refractivity contribution is 6.03. The molecule has 30 heavy (non-hydrogen) atoms. The average Bonchev–Trinajstić information content (AvgIpc) is 3.47. The van der Waals surface area contributed by atoms with E-state index in [-0.39, 0.29) is 31.1 Å². The Hall–Kier alpha value is -3.88. The number of rotatable bonds is 4. The Labute approximate surface area is 171 Å². The van der Waals surface area contributed by atoms with E-state index in [1.54, 1.807) is 23.1 Å². The molecule has 3 aromatic rings. The van der Waals surface area contributed by atoms with Crippen LogP contribution in [-0.4, -0.2) is 35.3 Å². The first-order valence-electron chi connectivity index (χ1n) is 9.48. The Kier molecular flexibility index (Phi) is 4.35. The van der Waals surface area contributed by atoms with Crippen molar-refractivity contribution in [1.29, 1.82) is 0 Å². The van der Waals surface area contributed by atoms with Gasteiger partial charge < -0.3 is 18.8 Å². The molecule has 3 heterocycles. The molecule has 1 N–H and O–H groups in total. The number of carbonyl (C=O) groups is 2. The topological polar surface area (TPSA) is 107 Å². The van der Waals surface area contributed by atoms with Crippen molar-refractivity contribution >= 4 is 23.5 Å². The van der Waals surface area contributed by atoms with Gasteiger partial charge in [-0.05, 0) is 37.3 Å². The molecule has 9 heteroatoms. The van der Waals surface area contributed by atoms with E-state index in [9.17, 15) is 9.59 Å². The molecular weight excluding hydrogens is 388 g/mol. The molecule has 2 aliphatic rings. The van der Waals surface area contributed by atoms with Gasteiger partial charge in [0.1, 0.15) is 0 Å². The number of benzene rings is 2. The van der Waals surface area contributed by atoms with Crippen LogP contribution in [0.15, 0.2) is 46.9 Å². The van der Waals surface area contributed by atoms with E-state index >= 15 is 0 Å². The van der Waals surface area contributed by atoms with Gasteiger partial charge >= 0.3 is 6.01 Å². The molecule has 0 bridgehead atoms. The lowest BCUT2D eigenvalue weighted by molar-refractivity contribution is -0.117. The standard InChI is InChI=1S/C21H18N4O5/c1-12-2-5-15(6-3-12)25-10-14(9-18(25)26)20-23-24-21(30-20)22-19(27)13-4-7-16-17(8-13)29-11-28-16/h2-8,14H,9-11H2,1H3,(H,22,24,27). The van der Waals surface area contributed by atoms with E-state index in [2.05, 4.69) is 15.5 Å². The Bertz CT molecular complexity index is 1120. The van der Waals surface area contributed by atoms with Crippen molar-refractivity contribution in [2.75, 3.05) is 23.6 Å². The second-order valence-electron chi connectivity index (χ2n) is 7.21. The molecule has 2 amide bonds. The molecule has 0 radical (unpaired) electrons. The van der Waals surface area contributed by atoms with Crippen LogP contribution in [0, 0.1) is 6.92 Å². The molecule has 1 saturated heterocycles. The number of anilines is 2. The number of ether oxygens (including phenoxy) is 2. The minimum absolute atomic E-state index is 0.00648. The zero-order chi connectivity index (χ0) is 20.7. The third kappa shape index (κ3) is 3.34. The van der Waals surface area contributed by atoms with Crippen LogP contribution in [0.4, 0.5) is 11.7 Å². The third-order valence-corrected chi connectivity index (χ3v) is 5.12. The van der Waals surface area contributed by atoms with Crippen LogP contribution < -0.4 is 19.7 Å². The van der Waals surface area contributed by atoms with E-state index in [1.807, 2.05) is 31.2 Å². The quantitative estimate of drug-likeness (QED) is 0.710. The summed E-state index contributed by atoms with van der Waals surface area (Å²) in [6.45, 7) is 2.57.